The lowest BCUT2D eigenvalue weighted by molar-refractivity contribution is -0.118. The van der Waals surface area contributed by atoms with Gasteiger partial charge in [0.05, 0.1) is 0 Å². The minimum atomic E-state index is -0.298. The van der Waals surface area contributed by atoms with Crippen LogP contribution in [0.3, 0.4) is 0 Å². The highest BCUT2D eigenvalue weighted by atomic mass is 19.1. The Labute approximate surface area is 132 Å². The van der Waals surface area contributed by atoms with E-state index in [1.165, 1.54) is 12.1 Å². The molecule has 0 radical (unpaired) electrons. The van der Waals surface area contributed by atoms with Gasteiger partial charge in [-0.25, -0.2) is 4.39 Å². The molecule has 2 rings (SSSR count). The number of carbonyl (C=O) groups is 1. The number of rotatable bonds is 8. The van der Waals surface area contributed by atoms with E-state index in [9.17, 15) is 9.18 Å². The SMILES string of the molecule is CCC(=O)CCc1cc(F)cc(O[C@H]2C[C@H](NC(C)C)C2)c1. The summed E-state index contributed by atoms with van der Waals surface area (Å²) < 4.78 is 19.5. The number of carbonyl (C=O) groups excluding carboxylic acids is 1. The van der Waals surface area contributed by atoms with E-state index in [4.69, 9.17) is 4.74 Å². The van der Waals surface area contributed by atoms with Crippen LogP contribution in [-0.2, 0) is 11.2 Å². The molecule has 0 spiro atoms. The van der Waals surface area contributed by atoms with Gasteiger partial charge in [0.15, 0.2) is 0 Å². The van der Waals surface area contributed by atoms with Gasteiger partial charge in [-0.3, -0.25) is 4.79 Å². The third-order valence-corrected chi connectivity index (χ3v) is 3.98. The number of benzene rings is 1. The first kappa shape index (κ1) is 16.9. The molecule has 0 saturated heterocycles. The lowest BCUT2D eigenvalue weighted by Gasteiger charge is -2.37. The Morgan fingerprint density at radius 3 is 2.73 bits per heavy atom. The van der Waals surface area contributed by atoms with Gasteiger partial charge in [0.2, 0.25) is 0 Å². The fourth-order valence-corrected chi connectivity index (χ4v) is 2.76. The molecule has 0 aliphatic heterocycles. The third-order valence-electron chi connectivity index (χ3n) is 3.98. The Bertz CT molecular complexity index is 510. The first-order chi connectivity index (χ1) is 10.5. The van der Waals surface area contributed by atoms with Crippen LogP contribution in [0.2, 0.25) is 0 Å². The van der Waals surface area contributed by atoms with Crippen LogP contribution in [0.4, 0.5) is 4.39 Å². The summed E-state index contributed by atoms with van der Waals surface area (Å²) in [6.07, 6.45) is 3.64. The van der Waals surface area contributed by atoms with Crippen molar-refractivity contribution in [2.24, 2.45) is 0 Å². The molecule has 122 valence electrons. The zero-order valence-corrected chi connectivity index (χ0v) is 13.7. The molecular formula is C18H26FNO2. The quantitative estimate of drug-likeness (QED) is 0.797. The minimum Gasteiger partial charge on any atom is -0.490 e. The summed E-state index contributed by atoms with van der Waals surface area (Å²) in [6, 6.07) is 5.74. The van der Waals surface area contributed by atoms with Gasteiger partial charge in [-0.05, 0) is 37.0 Å². The van der Waals surface area contributed by atoms with E-state index >= 15 is 0 Å². The lowest BCUT2D eigenvalue weighted by atomic mass is 9.88. The molecule has 4 heteroatoms. The second-order valence-corrected chi connectivity index (χ2v) is 6.42. The topological polar surface area (TPSA) is 38.3 Å². The Balaban J connectivity index is 1.86. The second-order valence-electron chi connectivity index (χ2n) is 6.42. The van der Waals surface area contributed by atoms with E-state index in [-0.39, 0.29) is 17.7 Å². The van der Waals surface area contributed by atoms with Crippen LogP contribution in [0.5, 0.6) is 5.75 Å². The van der Waals surface area contributed by atoms with Crippen molar-refractivity contribution in [2.45, 2.75) is 71.1 Å². The maximum absolute atomic E-state index is 13.7. The van der Waals surface area contributed by atoms with Crippen LogP contribution in [-0.4, -0.2) is 24.0 Å². The van der Waals surface area contributed by atoms with Gasteiger partial charge in [0.1, 0.15) is 23.5 Å². The van der Waals surface area contributed by atoms with Crippen LogP contribution in [0.15, 0.2) is 18.2 Å². The summed E-state index contributed by atoms with van der Waals surface area (Å²) in [6.45, 7) is 6.11. The molecule has 1 saturated carbocycles. The second kappa shape index (κ2) is 7.73. The number of Topliss-reactive ketones (excluding diaryl/α,β-unsaturated/α-hetero) is 1. The maximum Gasteiger partial charge on any atom is 0.132 e. The Kier molecular flexibility index (Phi) is 5.95. The van der Waals surface area contributed by atoms with Crippen molar-refractivity contribution in [3.05, 3.63) is 29.6 Å². The van der Waals surface area contributed by atoms with E-state index in [1.807, 2.05) is 13.0 Å². The third kappa shape index (κ3) is 5.09. The van der Waals surface area contributed by atoms with E-state index in [0.717, 1.165) is 18.4 Å². The van der Waals surface area contributed by atoms with Crippen molar-refractivity contribution in [3.8, 4) is 5.75 Å². The number of halogens is 1. The molecule has 0 aromatic heterocycles. The number of hydrogen-bond acceptors (Lipinski definition) is 3. The highest BCUT2D eigenvalue weighted by molar-refractivity contribution is 5.78. The fourth-order valence-electron chi connectivity index (χ4n) is 2.76. The highest BCUT2D eigenvalue weighted by Crippen LogP contribution is 2.27. The Morgan fingerprint density at radius 1 is 1.36 bits per heavy atom. The molecule has 0 amide bonds. The van der Waals surface area contributed by atoms with Gasteiger partial charge in [0.25, 0.3) is 0 Å². The first-order valence-corrected chi connectivity index (χ1v) is 8.20. The summed E-state index contributed by atoms with van der Waals surface area (Å²) in [5.41, 5.74) is 0.827. The van der Waals surface area contributed by atoms with Crippen molar-refractivity contribution in [1.29, 1.82) is 0 Å². The summed E-state index contributed by atoms with van der Waals surface area (Å²) in [5.74, 6) is 0.480. The zero-order valence-electron chi connectivity index (χ0n) is 13.7. The van der Waals surface area contributed by atoms with Crippen LogP contribution < -0.4 is 10.1 Å². The molecule has 0 bridgehead atoms. The molecular weight excluding hydrogens is 281 g/mol. The number of ketones is 1. The number of ether oxygens (including phenoxy) is 1. The van der Waals surface area contributed by atoms with Gasteiger partial charge in [0, 0.05) is 31.0 Å². The zero-order chi connectivity index (χ0) is 16.1. The molecule has 1 fully saturated rings. The Hall–Kier alpha value is -1.42. The molecule has 22 heavy (non-hydrogen) atoms. The summed E-state index contributed by atoms with van der Waals surface area (Å²) in [7, 11) is 0. The maximum atomic E-state index is 13.7. The lowest BCUT2D eigenvalue weighted by Crippen LogP contribution is -2.49. The predicted molar refractivity (Wildman–Crippen MR) is 85.7 cm³/mol. The minimum absolute atomic E-state index is 0.156. The molecule has 1 aliphatic rings. The molecule has 1 aliphatic carbocycles. The molecule has 0 atom stereocenters. The average Bonchev–Trinajstić information content (AvgIpc) is 2.41. The largest absolute Gasteiger partial charge is 0.490 e. The van der Waals surface area contributed by atoms with Gasteiger partial charge < -0.3 is 10.1 Å². The number of aryl methyl sites for hydroxylation is 1. The van der Waals surface area contributed by atoms with E-state index in [0.29, 0.717) is 37.1 Å². The van der Waals surface area contributed by atoms with Gasteiger partial charge in [-0.15, -0.1) is 0 Å². The standard InChI is InChI=1S/C18H26FNO2/c1-4-16(21)6-5-13-7-14(19)9-17(8-13)22-18-10-15(11-18)20-12(2)3/h7-9,12,15,18,20H,4-6,10-11H2,1-3H3/t15-,18-. The van der Waals surface area contributed by atoms with Crippen LogP contribution in [0.1, 0.15) is 52.0 Å². The van der Waals surface area contributed by atoms with Crippen LogP contribution >= 0.6 is 0 Å². The van der Waals surface area contributed by atoms with Crippen molar-refractivity contribution in [2.75, 3.05) is 0 Å². The van der Waals surface area contributed by atoms with Gasteiger partial charge in [-0.2, -0.15) is 0 Å². The molecule has 1 aromatic carbocycles. The normalized spacial score (nSPS) is 20.8. The highest BCUT2D eigenvalue weighted by Gasteiger charge is 2.31. The van der Waals surface area contributed by atoms with Crippen molar-refractivity contribution < 1.29 is 13.9 Å². The number of nitrogens with one attached hydrogen (secondary N) is 1. The van der Waals surface area contributed by atoms with E-state index in [1.54, 1.807) is 0 Å². The van der Waals surface area contributed by atoms with Crippen molar-refractivity contribution in [3.63, 3.8) is 0 Å². The first-order valence-electron chi connectivity index (χ1n) is 8.20. The number of hydrogen-bond donors (Lipinski definition) is 1. The summed E-state index contributed by atoms with van der Waals surface area (Å²) >= 11 is 0. The van der Waals surface area contributed by atoms with Crippen molar-refractivity contribution >= 4 is 5.78 Å². The van der Waals surface area contributed by atoms with Crippen LogP contribution in [0.25, 0.3) is 0 Å². The van der Waals surface area contributed by atoms with Gasteiger partial charge >= 0.3 is 0 Å². The van der Waals surface area contributed by atoms with E-state index < -0.39 is 0 Å². The average molecular weight is 307 g/mol. The molecule has 0 unspecified atom stereocenters. The molecule has 0 heterocycles. The fraction of sp³-hybridized carbons (Fsp3) is 0.611. The smallest absolute Gasteiger partial charge is 0.132 e. The Morgan fingerprint density at radius 2 is 2.09 bits per heavy atom. The monoisotopic (exact) mass is 307 g/mol. The van der Waals surface area contributed by atoms with Gasteiger partial charge in [-0.1, -0.05) is 20.8 Å². The molecule has 1 aromatic rings. The van der Waals surface area contributed by atoms with E-state index in [2.05, 4.69) is 19.2 Å². The van der Waals surface area contributed by atoms with Crippen LogP contribution in [0, 0.1) is 5.82 Å². The van der Waals surface area contributed by atoms with Crippen molar-refractivity contribution in [1.82, 2.24) is 5.32 Å². The summed E-state index contributed by atoms with van der Waals surface area (Å²) in [5, 5.41) is 3.47. The predicted octanol–water partition coefficient (Wildman–Crippen LogP) is 3.65. The molecule has 3 nitrogen and oxygen atoms in total. The molecule has 1 N–H and O–H groups in total. The summed E-state index contributed by atoms with van der Waals surface area (Å²) in [4.78, 5) is 11.4.